The Kier molecular flexibility index (Phi) is 8.39. The summed E-state index contributed by atoms with van der Waals surface area (Å²) in [4.78, 5) is 55.2. The molecule has 1 atom stereocenters. The quantitative estimate of drug-likeness (QED) is 0.289. The van der Waals surface area contributed by atoms with Gasteiger partial charge in [0.05, 0.1) is 11.3 Å². The van der Waals surface area contributed by atoms with Crippen molar-refractivity contribution in [3.63, 3.8) is 0 Å². The summed E-state index contributed by atoms with van der Waals surface area (Å²) in [5, 5.41) is 23.8. The summed E-state index contributed by atoms with van der Waals surface area (Å²) in [5.41, 5.74) is 3.88. The molecule has 3 heterocycles. The van der Waals surface area contributed by atoms with Gasteiger partial charge >= 0.3 is 5.97 Å². The number of aromatic nitrogens is 4. The third kappa shape index (κ3) is 6.18. The summed E-state index contributed by atoms with van der Waals surface area (Å²) in [5.74, 6) is -1.93. The van der Waals surface area contributed by atoms with Crippen LogP contribution in [0.15, 0.2) is 73.1 Å². The normalized spacial score (nSPS) is 16.5. The number of rotatable bonds is 7. The van der Waals surface area contributed by atoms with Crippen LogP contribution in [0.4, 0.5) is 11.4 Å². The molecule has 13 heteroatoms. The van der Waals surface area contributed by atoms with Gasteiger partial charge in [0.2, 0.25) is 11.8 Å². The van der Waals surface area contributed by atoms with Crippen LogP contribution in [-0.4, -0.2) is 67.0 Å². The molecule has 1 saturated heterocycles. The molecule has 0 aliphatic carbocycles. The van der Waals surface area contributed by atoms with Crippen LogP contribution in [0.2, 0.25) is 5.02 Å². The minimum absolute atomic E-state index is 0.0375. The molecular formula is C32H28ClN7O5. The first-order chi connectivity index (χ1) is 21.8. The van der Waals surface area contributed by atoms with E-state index in [0.717, 1.165) is 24.1 Å². The second kappa shape index (κ2) is 12.7. The molecule has 1 unspecified atom stereocenters. The van der Waals surface area contributed by atoms with E-state index in [2.05, 4.69) is 20.8 Å². The van der Waals surface area contributed by atoms with Gasteiger partial charge in [0, 0.05) is 47.5 Å². The lowest BCUT2D eigenvalue weighted by atomic mass is 9.89. The lowest BCUT2D eigenvalue weighted by Crippen LogP contribution is -2.45. The number of nitrogens with one attached hydrogen (secondary N) is 1. The van der Waals surface area contributed by atoms with Gasteiger partial charge in [0.15, 0.2) is 0 Å². The molecule has 1 fully saturated rings. The van der Waals surface area contributed by atoms with Gasteiger partial charge in [-0.15, -0.1) is 5.10 Å². The Balaban J connectivity index is 1.35. The predicted molar refractivity (Wildman–Crippen MR) is 166 cm³/mol. The minimum Gasteiger partial charge on any atom is -0.478 e. The third-order valence-electron chi connectivity index (χ3n) is 7.93. The highest BCUT2D eigenvalue weighted by Crippen LogP contribution is 2.38. The number of carbonyl (C=O) groups excluding carboxylic acids is 3. The first-order valence-corrected chi connectivity index (χ1v) is 14.8. The van der Waals surface area contributed by atoms with Crippen molar-refractivity contribution >= 4 is 52.7 Å². The highest BCUT2D eigenvalue weighted by atomic mass is 35.5. The van der Waals surface area contributed by atoms with Crippen molar-refractivity contribution in [2.45, 2.75) is 31.7 Å². The number of nitrogens with zero attached hydrogens (tertiary/aromatic N) is 6. The summed E-state index contributed by atoms with van der Waals surface area (Å²) < 4.78 is 1.45. The number of hydrogen-bond acceptors (Lipinski definition) is 7. The molecule has 2 aliphatic heterocycles. The van der Waals surface area contributed by atoms with Crippen molar-refractivity contribution in [1.82, 2.24) is 25.1 Å². The number of carboxylic acid groups (broad SMARTS) is 1. The third-order valence-corrected chi connectivity index (χ3v) is 8.17. The number of benzene rings is 3. The fraction of sp³-hybridized carbons (Fsp3) is 0.219. The number of tetrazole rings is 1. The Morgan fingerprint density at radius 1 is 0.978 bits per heavy atom. The van der Waals surface area contributed by atoms with E-state index in [4.69, 9.17) is 11.6 Å². The second-order valence-electron chi connectivity index (χ2n) is 10.7. The maximum Gasteiger partial charge on any atom is 0.335 e. The highest BCUT2D eigenvalue weighted by molar-refractivity contribution is 6.30. The zero-order chi connectivity index (χ0) is 31.5. The van der Waals surface area contributed by atoms with Crippen molar-refractivity contribution < 1.29 is 24.3 Å². The van der Waals surface area contributed by atoms with Crippen LogP contribution in [0.25, 0.3) is 11.8 Å². The number of halogens is 1. The molecule has 1 aromatic heterocycles. The average molecular weight is 626 g/mol. The molecule has 3 amide bonds. The summed E-state index contributed by atoms with van der Waals surface area (Å²) in [6.07, 6.45) is 7.04. The molecule has 4 aromatic rings. The van der Waals surface area contributed by atoms with E-state index >= 15 is 0 Å². The van der Waals surface area contributed by atoms with Crippen LogP contribution in [0.5, 0.6) is 0 Å². The highest BCUT2D eigenvalue weighted by Gasteiger charge is 2.37. The SMILES string of the molecule is O=C(O)c1ccc(NC(=O)C2c3cccc(N4CCCCC4=O)c3CCN2C(=O)/C=C/c2cc(Cl)ccc2-n2cnnn2)cc1. The Bertz CT molecular complexity index is 1810. The molecule has 0 bridgehead atoms. The fourth-order valence-electron chi connectivity index (χ4n) is 5.79. The zero-order valence-corrected chi connectivity index (χ0v) is 24.7. The van der Waals surface area contributed by atoms with Gasteiger partial charge in [0.1, 0.15) is 12.4 Å². The monoisotopic (exact) mass is 625 g/mol. The van der Waals surface area contributed by atoms with Crippen LogP contribution in [0.1, 0.15) is 52.4 Å². The van der Waals surface area contributed by atoms with Crippen LogP contribution in [-0.2, 0) is 20.8 Å². The van der Waals surface area contributed by atoms with Crippen LogP contribution in [0, 0.1) is 0 Å². The fourth-order valence-corrected chi connectivity index (χ4v) is 5.97. The molecule has 12 nitrogen and oxygen atoms in total. The van der Waals surface area contributed by atoms with Crippen molar-refractivity contribution in [2.75, 3.05) is 23.3 Å². The number of anilines is 2. The standard InChI is InChI=1S/C32H28ClN7O5/c33-22-10-13-26(40-19-34-36-37-40)21(18-22)9-14-29(42)39-17-15-24-25(4-3-5-27(24)38-16-2-1-6-28(38)41)30(39)31(43)35-23-11-7-20(8-12-23)32(44)45/h3-5,7-14,18-19,30H,1-2,6,15-17H2,(H,35,43)(H,44,45)/b14-9+. The van der Waals surface area contributed by atoms with Crippen molar-refractivity contribution in [3.8, 4) is 5.69 Å². The molecule has 0 saturated carbocycles. The van der Waals surface area contributed by atoms with Gasteiger partial charge in [0.25, 0.3) is 5.91 Å². The van der Waals surface area contributed by atoms with Crippen LogP contribution >= 0.6 is 11.6 Å². The molecule has 45 heavy (non-hydrogen) atoms. The number of piperidine rings is 1. The van der Waals surface area contributed by atoms with Crippen molar-refractivity contribution in [2.24, 2.45) is 0 Å². The van der Waals surface area contributed by atoms with Crippen LogP contribution < -0.4 is 10.2 Å². The molecule has 0 spiro atoms. The number of aromatic carboxylic acids is 1. The van der Waals surface area contributed by atoms with E-state index < -0.39 is 23.8 Å². The molecule has 0 radical (unpaired) electrons. The van der Waals surface area contributed by atoms with Gasteiger partial charge in [-0.2, -0.15) is 4.68 Å². The molecular weight excluding hydrogens is 598 g/mol. The summed E-state index contributed by atoms with van der Waals surface area (Å²) in [7, 11) is 0. The van der Waals surface area contributed by atoms with Gasteiger partial charge < -0.3 is 20.2 Å². The zero-order valence-electron chi connectivity index (χ0n) is 24.0. The van der Waals surface area contributed by atoms with Crippen molar-refractivity contribution in [3.05, 3.63) is 100 Å². The second-order valence-corrected chi connectivity index (χ2v) is 11.1. The predicted octanol–water partition coefficient (Wildman–Crippen LogP) is 4.31. The van der Waals surface area contributed by atoms with E-state index in [1.165, 1.54) is 46.3 Å². The van der Waals surface area contributed by atoms with Gasteiger partial charge in [-0.3, -0.25) is 14.4 Å². The molecule has 228 valence electrons. The summed E-state index contributed by atoms with van der Waals surface area (Å²) in [6, 6.07) is 15.4. The van der Waals surface area contributed by atoms with E-state index in [1.54, 1.807) is 41.3 Å². The van der Waals surface area contributed by atoms with E-state index in [-0.39, 0.29) is 18.0 Å². The lowest BCUT2D eigenvalue weighted by Gasteiger charge is -2.38. The minimum atomic E-state index is -1.08. The number of carbonyl (C=O) groups is 4. The van der Waals surface area contributed by atoms with E-state index in [0.29, 0.717) is 46.9 Å². The Hall–Kier alpha value is -5.36. The maximum absolute atomic E-state index is 14.0. The Labute approximate surface area is 262 Å². The number of hydrogen-bond donors (Lipinski definition) is 2. The van der Waals surface area contributed by atoms with Gasteiger partial charge in [-0.1, -0.05) is 23.7 Å². The Morgan fingerprint density at radius 2 is 1.80 bits per heavy atom. The average Bonchev–Trinajstić information content (AvgIpc) is 3.58. The number of fused-ring (bicyclic) bond motifs is 1. The summed E-state index contributed by atoms with van der Waals surface area (Å²) in [6.45, 7) is 0.817. The smallest absolute Gasteiger partial charge is 0.335 e. The van der Waals surface area contributed by atoms with Gasteiger partial charge in [-0.05, 0) is 95.4 Å². The van der Waals surface area contributed by atoms with Crippen LogP contribution in [0.3, 0.4) is 0 Å². The lowest BCUT2D eigenvalue weighted by molar-refractivity contribution is -0.135. The molecule has 6 rings (SSSR count). The van der Waals surface area contributed by atoms with E-state index in [9.17, 15) is 24.3 Å². The molecule has 3 aromatic carbocycles. The van der Waals surface area contributed by atoms with Gasteiger partial charge in [-0.25, -0.2) is 4.79 Å². The van der Waals surface area contributed by atoms with Crippen molar-refractivity contribution in [1.29, 1.82) is 0 Å². The number of carboxylic acids is 1. The molecule has 2 aliphatic rings. The first-order valence-electron chi connectivity index (χ1n) is 14.4. The maximum atomic E-state index is 14.0. The summed E-state index contributed by atoms with van der Waals surface area (Å²) >= 11 is 6.25. The topological polar surface area (TPSA) is 151 Å². The van der Waals surface area contributed by atoms with E-state index in [1.807, 2.05) is 6.07 Å². The number of amides is 3. The molecule has 2 N–H and O–H groups in total. The largest absolute Gasteiger partial charge is 0.478 e. The Morgan fingerprint density at radius 3 is 2.53 bits per heavy atom. The first kappa shape index (κ1) is 29.7.